The molecule has 0 radical (unpaired) electrons. The fraction of sp³-hybridized carbons (Fsp3) is 0.308. The molecule has 1 atom stereocenters. The molecule has 2 aromatic rings. The van der Waals surface area contributed by atoms with Crippen LogP contribution < -0.4 is 5.32 Å². The van der Waals surface area contributed by atoms with Crippen molar-refractivity contribution in [3.05, 3.63) is 52.2 Å². The highest BCUT2D eigenvalue weighted by Crippen LogP contribution is 2.10. The first kappa shape index (κ1) is 12.2. The van der Waals surface area contributed by atoms with E-state index < -0.39 is 0 Å². The van der Waals surface area contributed by atoms with Gasteiger partial charge in [0.2, 0.25) is 0 Å². The summed E-state index contributed by atoms with van der Waals surface area (Å²) in [5, 5.41) is 6.36. The van der Waals surface area contributed by atoms with Crippen molar-refractivity contribution < 1.29 is 4.39 Å². The molecule has 0 spiro atoms. The van der Waals surface area contributed by atoms with Gasteiger partial charge in [-0.1, -0.05) is 18.2 Å². The van der Waals surface area contributed by atoms with Crippen molar-refractivity contribution in [2.75, 3.05) is 0 Å². The molecular weight excluding hydrogens is 235 g/mol. The van der Waals surface area contributed by atoms with Crippen molar-refractivity contribution in [1.82, 2.24) is 10.3 Å². The van der Waals surface area contributed by atoms with Crippen LogP contribution >= 0.6 is 11.3 Å². The summed E-state index contributed by atoms with van der Waals surface area (Å²) in [4.78, 5) is 4.19. The van der Waals surface area contributed by atoms with E-state index in [1.54, 1.807) is 23.6 Å². The van der Waals surface area contributed by atoms with Gasteiger partial charge >= 0.3 is 0 Å². The van der Waals surface area contributed by atoms with E-state index in [-0.39, 0.29) is 11.9 Å². The van der Waals surface area contributed by atoms with Gasteiger partial charge in [0.1, 0.15) is 10.8 Å². The maximum Gasteiger partial charge on any atom is 0.126 e. The quantitative estimate of drug-likeness (QED) is 0.882. The van der Waals surface area contributed by atoms with Gasteiger partial charge in [0.15, 0.2) is 0 Å². The first-order valence-electron chi connectivity index (χ1n) is 5.61. The second kappa shape index (κ2) is 5.89. The third kappa shape index (κ3) is 3.61. The fourth-order valence-electron chi connectivity index (χ4n) is 1.67. The first-order valence-corrected chi connectivity index (χ1v) is 6.49. The summed E-state index contributed by atoms with van der Waals surface area (Å²) in [5.74, 6) is -0.129. The highest BCUT2D eigenvalue weighted by Gasteiger charge is 2.07. The Kier molecular flexibility index (Phi) is 4.23. The van der Waals surface area contributed by atoms with Crippen LogP contribution in [0, 0.1) is 5.82 Å². The Morgan fingerprint density at radius 3 is 2.94 bits per heavy atom. The van der Waals surface area contributed by atoms with Gasteiger partial charge in [-0.3, -0.25) is 0 Å². The van der Waals surface area contributed by atoms with Gasteiger partial charge in [-0.2, -0.15) is 0 Å². The molecular formula is C13H15FN2S. The number of rotatable bonds is 5. The Labute approximate surface area is 105 Å². The molecule has 0 aliphatic carbocycles. The Morgan fingerprint density at radius 1 is 1.41 bits per heavy atom. The zero-order chi connectivity index (χ0) is 12.1. The van der Waals surface area contributed by atoms with Gasteiger partial charge in [0.25, 0.3) is 0 Å². The van der Waals surface area contributed by atoms with Gasteiger partial charge in [-0.15, -0.1) is 11.3 Å². The van der Waals surface area contributed by atoms with E-state index in [1.165, 1.54) is 6.07 Å². The Bertz CT molecular complexity index is 456. The lowest BCUT2D eigenvalue weighted by atomic mass is 10.1. The summed E-state index contributed by atoms with van der Waals surface area (Å²) in [6, 6.07) is 7.15. The summed E-state index contributed by atoms with van der Waals surface area (Å²) < 4.78 is 13.4. The van der Waals surface area contributed by atoms with Gasteiger partial charge in [0.05, 0.1) is 0 Å². The van der Waals surface area contributed by atoms with Gasteiger partial charge in [0, 0.05) is 24.2 Å². The molecule has 1 aromatic carbocycles. The van der Waals surface area contributed by atoms with Crippen LogP contribution in [0.5, 0.6) is 0 Å². The summed E-state index contributed by atoms with van der Waals surface area (Å²) in [6.07, 6.45) is 2.49. The SMILES string of the molecule is CC(Cc1ccccc1F)NCc1nccs1. The molecule has 4 heteroatoms. The summed E-state index contributed by atoms with van der Waals surface area (Å²) in [5.41, 5.74) is 0.756. The van der Waals surface area contributed by atoms with Crippen molar-refractivity contribution in [2.45, 2.75) is 25.9 Å². The molecule has 90 valence electrons. The molecule has 0 saturated heterocycles. The molecule has 2 nitrogen and oxygen atoms in total. The van der Waals surface area contributed by atoms with Crippen LogP contribution in [-0.4, -0.2) is 11.0 Å². The van der Waals surface area contributed by atoms with E-state index in [9.17, 15) is 4.39 Å². The van der Waals surface area contributed by atoms with Crippen LogP contribution in [-0.2, 0) is 13.0 Å². The Hall–Kier alpha value is -1.26. The van der Waals surface area contributed by atoms with Crippen LogP contribution in [0.2, 0.25) is 0 Å². The van der Waals surface area contributed by atoms with Crippen LogP contribution in [0.25, 0.3) is 0 Å². The van der Waals surface area contributed by atoms with E-state index in [1.807, 2.05) is 17.5 Å². The molecule has 1 unspecified atom stereocenters. The molecule has 0 fully saturated rings. The van der Waals surface area contributed by atoms with Crippen LogP contribution in [0.3, 0.4) is 0 Å². The van der Waals surface area contributed by atoms with Crippen LogP contribution in [0.1, 0.15) is 17.5 Å². The number of hydrogen-bond donors (Lipinski definition) is 1. The van der Waals surface area contributed by atoms with Crippen LogP contribution in [0.15, 0.2) is 35.8 Å². The molecule has 17 heavy (non-hydrogen) atoms. The topological polar surface area (TPSA) is 24.9 Å². The van der Waals surface area contributed by atoms with Crippen molar-refractivity contribution in [2.24, 2.45) is 0 Å². The molecule has 1 N–H and O–H groups in total. The number of thiazole rings is 1. The summed E-state index contributed by atoms with van der Waals surface area (Å²) in [6.45, 7) is 2.80. The average molecular weight is 250 g/mol. The second-order valence-corrected chi connectivity index (χ2v) is 4.98. The second-order valence-electron chi connectivity index (χ2n) is 4.00. The zero-order valence-electron chi connectivity index (χ0n) is 9.69. The minimum atomic E-state index is -0.129. The van der Waals surface area contributed by atoms with Gasteiger partial charge in [-0.25, -0.2) is 9.37 Å². The normalized spacial score (nSPS) is 12.6. The van der Waals surface area contributed by atoms with Crippen molar-refractivity contribution in [3.8, 4) is 0 Å². The maximum atomic E-state index is 13.4. The highest BCUT2D eigenvalue weighted by atomic mass is 32.1. The molecule has 0 aliphatic heterocycles. The summed E-state index contributed by atoms with van der Waals surface area (Å²) >= 11 is 1.63. The largest absolute Gasteiger partial charge is 0.308 e. The first-order chi connectivity index (χ1) is 8.25. The van der Waals surface area contributed by atoms with Gasteiger partial charge < -0.3 is 5.32 Å². The monoisotopic (exact) mass is 250 g/mol. The van der Waals surface area contributed by atoms with Crippen molar-refractivity contribution in [3.63, 3.8) is 0 Å². The third-order valence-corrected chi connectivity index (χ3v) is 3.35. The van der Waals surface area contributed by atoms with E-state index in [0.717, 1.165) is 17.1 Å². The van der Waals surface area contributed by atoms with Crippen molar-refractivity contribution >= 4 is 11.3 Å². The van der Waals surface area contributed by atoms with Crippen LogP contribution in [0.4, 0.5) is 4.39 Å². The lowest BCUT2D eigenvalue weighted by Gasteiger charge is -2.13. The fourth-order valence-corrected chi connectivity index (χ4v) is 2.23. The number of benzene rings is 1. The predicted octanol–water partition coefficient (Wildman–Crippen LogP) is 3.00. The minimum Gasteiger partial charge on any atom is -0.308 e. The Morgan fingerprint density at radius 2 is 2.24 bits per heavy atom. The molecule has 1 aromatic heterocycles. The summed E-state index contributed by atoms with van der Waals surface area (Å²) in [7, 11) is 0. The number of halogens is 1. The molecule has 0 saturated carbocycles. The predicted molar refractivity (Wildman–Crippen MR) is 68.5 cm³/mol. The molecule has 1 heterocycles. The molecule has 2 rings (SSSR count). The number of nitrogens with one attached hydrogen (secondary N) is 1. The highest BCUT2D eigenvalue weighted by molar-refractivity contribution is 7.09. The number of aromatic nitrogens is 1. The minimum absolute atomic E-state index is 0.129. The molecule has 0 amide bonds. The van der Waals surface area contributed by atoms with Gasteiger partial charge in [-0.05, 0) is 25.0 Å². The lowest BCUT2D eigenvalue weighted by molar-refractivity contribution is 0.525. The van der Waals surface area contributed by atoms with E-state index in [4.69, 9.17) is 0 Å². The number of nitrogens with zero attached hydrogens (tertiary/aromatic N) is 1. The Balaban J connectivity index is 1.85. The van der Waals surface area contributed by atoms with Crippen molar-refractivity contribution in [1.29, 1.82) is 0 Å². The lowest BCUT2D eigenvalue weighted by Crippen LogP contribution is -2.27. The smallest absolute Gasteiger partial charge is 0.126 e. The maximum absolute atomic E-state index is 13.4. The molecule has 0 bridgehead atoms. The van der Waals surface area contributed by atoms with E-state index in [0.29, 0.717) is 6.42 Å². The number of hydrogen-bond acceptors (Lipinski definition) is 3. The zero-order valence-corrected chi connectivity index (χ0v) is 10.5. The molecule has 0 aliphatic rings. The third-order valence-electron chi connectivity index (χ3n) is 2.57. The average Bonchev–Trinajstić information content (AvgIpc) is 2.82. The standard InChI is InChI=1S/C13H15FN2S/c1-10(16-9-13-15-6-7-17-13)8-11-4-2-3-5-12(11)14/h2-7,10,16H,8-9H2,1H3. The van der Waals surface area contributed by atoms with E-state index >= 15 is 0 Å². The van der Waals surface area contributed by atoms with E-state index in [2.05, 4.69) is 17.2 Å².